The fraction of sp³-hybridized carbons (Fsp3) is 0.119. The van der Waals surface area contributed by atoms with Gasteiger partial charge in [-0.3, -0.25) is 19.7 Å². The van der Waals surface area contributed by atoms with Crippen molar-refractivity contribution in [1.82, 2.24) is 9.96 Å². The number of carbonyl (C=O) groups is 2. The minimum atomic E-state index is -0.877. The maximum atomic E-state index is 10.2. The van der Waals surface area contributed by atoms with Crippen molar-refractivity contribution in [2.24, 2.45) is 0 Å². The zero-order valence-electron chi connectivity index (χ0n) is 55.3. The van der Waals surface area contributed by atoms with Gasteiger partial charge in [-0.25, -0.2) is 4.78 Å². The van der Waals surface area contributed by atoms with Crippen LogP contribution in [-0.4, -0.2) is 45.6 Å². The molecule has 2 N–H and O–H groups in total. The Morgan fingerprint density at radius 2 is 0.417 bits per heavy atom. The van der Waals surface area contributed by atoms with Gasteiger partial charge in [-0.2, -0.15) is 5.06 Å². The number of carbonyl (C=O) groups excluding carboxylic acids is 2. The molecule has 490 valence electrons. The van der Waals surface area contributed by atoms with Crippen molar-refractivity contribution in [3.05, 3.63) is 364 Å². The number of rotatable bonds is 15. The Kier molecular flexibility index (Phi) is 35.4. The predicted molar refractivity (Wildman–Crippen MR) is 422 cm³/mol. The Balaban J connectivity index is 0.000000185. The van der Waals surface area contributed by atoms with E-state index in [4.69, 9.17) is 9.99 Å². The van der Waals surface area contributed by atoms with Gasteiger partial charge >= 0.3 is 0 Å². The number of nitrogens with one attached hydrogen (secondary N) is 1. The van der Waals surface area contributed by atoms with Gasteiger partial charge in [0.1, 0.15) is 63.7 Å². The third-order valence-electron chi connectivity index (χ3n) is 15.5. The molecule has 96 heavy (non-hydrogen) atoms. The maximum absolute atomic E-state index is 10.2. The molecule has 12 aromatic rings. The largest absolute Gasteiger partial charge is 0.299 e. The molecule has 0 spiro atoms. The van der Waals surface area contributed by atoms with Crippen LogP contribution in [0.3, 0.4) is 0 Å². The molecule has 0 aliphatic carbocycles. The van der Waals surface area contributed by atoms with Gasteiger partial charge in [0.05, 0.1) is 31.7 Å². The Bertz CT molecular complexity index is 3120. The van der Waals surface area contributed by atoms with E-state index in [-0.39, 0.29) is 38.3 Å². The number of nitrogens with zero attached hydrogens (tertiary/aromatic N) is 2. The smallest absolute Gasteiger partial charge is 0.253 e. The molecule has 0 saturated carbocycles. The van der Waals surface area contributed by atoms with E-state index in [1.807, 2.05) is 0 Å². The number of hydrogen-bond donors (Lipinski definition) is 2. The van der Waals surface area contributed by atoms with Gasteiger partial charge in [-0.15, -0.1) is 0 Å². The van der Waals surface area contributed by atoms with Crippen LogP contribution >= 0.6 is 31.7 Å². The minimum absolute atomic E-state index is 0. The van der Waals surface area contributed by atoms with Crippen LogP contribution in [0.5, 0.6) is 0 Å². The third kappa shape index (κ3) is 24.6. The molecule has 1 fully saturated rings. The van der Waals surface area contributed by atoms with Crippen LogP contribution in [0.4, 0.5) is 0 Å². The summed E-state index contributed by atoms with van der Waals surface area (Å²) >= 11 is 3.33. The fourth-order valence-corrected chi connectivity index (χ4v) is 21.5. The molecule has 0 radical (unpaired) electrons. The topological polar surface area (TPSA) is 84.7 Å². The SMILES string of the molecule is CCN(C(C)C)C(C)C.N=S.O=C1CCC(=O)N1O.[Pd].c1ccc([PH+](c2ccccc2)c2ccccc2)cc1.c1ccc([PH+](c2ccccc2)c2ccccc2)cc1.c1ccc([PH+](c2ccccc2)c2ccccc2)cc1.c1ccc([PH+](c2ccccc2)c2ccccc2)cc1. The van der Waals surface area contributed by atoms with Crippen molar-refractivity contribution < 1.29 is 35.2 Å². The first-order valence-electron chi connectivity index (χ1n) is 32.2. The Morgan fingerprint density at radius 1 is 0.302 bits per heavy atom. The summed E-state index contributed by atoms with van der Waals surface area (Å²) in [7, 11) is -3.51. The summed E-state index contributed by atoms with van der Waals surface area (Å²) in [4.78, 5) is 22.9. The average molecular weight is 1450 g/mol. The van der Waals surface area contributed by atoms with E-state index in [2.05, 4.69) is 416 Å². The van der Waals surface area contributed by atoms with Crippen LogP contribution in [-0.2, 0) is 42.4 Å². The van der Waals surface area contributed by atoms with Crippen LogP contribution in [0, 0.1) is 4.78 Å². The van der Waals surface area contributed by atoms with E-state index in [0.29, 0.717) is 12.1 Å². The molecule has 1 heterocycles. The van der Waals surface area contributed by atoms with E-state index in [9.17, 15) is 9.59 Å². The van der Waals surface area contributed by atoms with Gasteiger partial charge in [0.2, 0.25) is 0 Å². The first kappa shape index (κ1) is 77.1. The van der Waals surface area contributed by atoms with Crippen LogP contribution in [0.1, 0.15) is 47.5 Å². The molecule has 0 unspecified atom stereocenters. The second-order valence-electron chi connectivity index (χ2n) is 22.5. The second kappa shape index (κ2) is 44.0. The van der Waals surface area contributed by atoms with E-state index < -0.39 is 43.5 Å². The first-order chi connectivity index (χ1) is 46.6. The molecular weight excluding hydrogens is 1360 g/mol. The van der Waals surface area contributed by atoms with Crippen molar-refractivity contribution in [3.63, 3.8) is 0 Å². The third-order valence-corrected chi connectivity index (χ3v) is 26.4. The summed E-state index contributed by atoms with van der Waals surface area (Å²) in [5.74, 6) is -1.01. The Labute approximate surface area is 595 Å². The standard InChI is InChI=1S/4C18H15P.C8H19N.C4H5NO3.HNS.Pd/c4*1-4-10-16(11-5-1)19(17-12-6-2-7-13-17)18-14-8-3-9-15-18;1-6-9(7(2)3)8(4)5;6-3-1-2-4(7)5(3)8;1-2;/h4*1-15H;7-8H,6H2,1-5H3;8H,1-2H2;1H;/p+4. The van der Waals surface area contributed by atoms with Gasteiger partial charge in [-0.05, 0) is 180 Å². The number of hydroxylamine groups is 2. The van der Waals surface area contributed by atoms with Crippen molar-refractivity contribution >= 4 is 120 Å². The average Bonchev–Trinajstić information content (AvgIpc) is 0.933. The van der Waals surface area contributed by atoms with E-state index in [0.717, 1.165) is 6.54 Å². The van der Waals surface area contributed by atoms with Gasteiger partial charge in [0.15, 0.2) is 0 Å². The number of imide groups is 1. The molecule has 1 saturated heterocycles. The Morgan fingerprint density at radius 3 is 0.479 bits per heavy atom. The molecule has 0 aromatic heterocycles. The summed E-state index contributed by atoms with van der Waals surface area (Å²) in [5.41, 5.74) is 0. The van der Waals surface area contributed by atoms with E-state index in [1.165, 1.54) is 63.7 Å². The zero-order valence-corrected chi connectivity index (χ0v) is 61.7. The molecule has 6 nitrogen and oxygen atoms in total. The molecule has 1 aliphatic rings. The maximum Gasteiger partial charge on any atom is 0.253 e. The summed E-state index contributed by atoms with van der Waals surface area (Å²) < 4.78 is 5.33. The first-order valence-corrected chi connectivity index (χ1v) is 38.7. The van der Waals surface area contributed by atoms with Gasteiger partial charge in [-0.1, -0.05) is 225 Å². The van der Waals surface area contributed by atoms with Gasteiger partial charge in [0, 0.05) is 57.8 Å². The van der Waals surface area contributed by atoms with Gasteiger partial charge in [0.25, 0.3) is 11.8 Å². The van der Waals surface area contributed by atoms with Crippen LogP contribution in [0.15, 0.2) is 364 Å². The van der Waals surface area contributed by atoms with Gasteiger partial charge < -0.3 is 0 Å². The molecule has 12 heteroatoms. The summed E-state index contributed by atoms with van der Waals surface area (Å²) in [5, 5.41) is 25.8. The summed E-state index contributed by atoms with van der Waals surface area (Å²) in [6, 6.07) is 131. The predicted octanol–water partition coefficient (Wildman–Crippen LogP) is 14.7. The van der Waals surface area contributed by atoms with Crippen LogP contribution in [0.25, 0.3) is 0 Å². The molecule has 0 bridgehead atoms. The van der Waals surface area contributed by atoms with Crippen LogP contribution < -0.4 is 63.7 Å². The van der Waals surface area contributed by atoms with Crippen molar-refractivity contribution in [2.75, 3.05) is 6.54 Å². The summed E-state index contributed by atoms with van der Waals surface area (Å²) in [6.45, 7) is 12.3. The molecule has 2 amide bonds. The molecule has 12 aromatic carbocycles. The number of hydrogen-bond acceptors (Lipinski definition) is 6. The monoisotopic (exact) mass is 1450 g/mol. The molecular formula is C84H89N3O3P4PdS+4. The van der Waals surface area contributed by atoms with Crippen molar-refractivity contribution in [2.45, 2.75) is 59.5 Å². The van der Waals surface area contributed by atoms with Crippen LogP contribution in [0.2, 0.25) is 0 Å². The minimum Gasteiger partial charge on any atom is -0.299 e. The summed E-state index contributed by atoms with van der Waals surface area (Å²) in [6.07, 6.45) is 0.296. The second-order valence-corrected chi connectivity index (χ2v) is 32.4. The number of benzene rings is 12. The fourth-order valence-electron chi connectivity index (χ4n) is 11.1. The van der Waals surface area contributed by atoms with E-state index >= 15 is 0 Å². The molecule has 0 atom stereocenters. The van der Waals surface area contributed by atoms with E-state index in [1.54, 1.807) is 0 Å². The molecule has 13 rings (SSSR count). The Hall–Kier alpha value is -7.90. The number of amides is 2. The van der Waals surface area contributed by atoms with Crippen molar-refractivity contribution in [1.29, 1.82) is 4.78 Å². The zero-order chi connectivity index (χ0) is 67.2. The van der Waals surface area contributed by atoms with Crippen molar-refractivity contribution in [3.8, 4) is 0 Å². The molecule has 1 aliphatic heterocycles. The normalized spacial score (nSPS) is 11.2. The quantitative estimate of drug-likeness (QED) is 0.0462.